The standard InChI is InChI=1S/C13H7Cl2NO2S/c1-2-5-16-12(17)11(19-13(16)18)7-8-3-4-9(14)10(15)6-8/h1,3-4,6-7H,5H2/b11-7+. The van der Waals surface area contributed by atoms with Gasteiger partial charge in [-0.1, -0.05) is 35.2 Å². The normalized spacial score (nSPS) is 17.1. The second-order valence-electron chi connectivity index (χ2n) is 3.65. The first-order chi connectivity index (χ1) is 9.02. The molecule has 19 heavy (non-hydrogen) atoms. The van der Waals surface area contributed by atoms with Crippen LogP contribution >= 0.6 is 35.0 Å². The van der Waals surface area contributed by atoms with Crippen molar-refractivity contribution in [2.75, 3.05) is 6.54 Å². The molecule has 1 aromatic rings. The lowest BCUT2D eigenvalue weighted by molar-refractivity contribution is -0.122. The largest absolute Gasteiger partial charge is 0.294 e. The summed E-state index contributed by atoms with van der Waals surface area (Å²) < 4.78 is 0. The van der Waals surface area contributed by atoms with Crippen molar-refractivity contribution in [1.82, 2.24) is 4.90 Å². The molecule has 0 atom stereocenters. The molecule has 1 aromatic carbocycles. The van der Waals surface area contributed by atoms with E-state index in [-0.39, 0.29) is 17.7 Å². The zero-order valence-electron chi connectivity index (χ0n) is 9.52. The highest BCUT2D eigenvalue weighted by atomic mass is 35.5. The first-order valence-electron chi connectivity index (χ1n) is 5.17. The summed E-state index contributed by atoms with van der Waals surface area (Å²) in [4.78, 5) is 24.8. The van der Waals surface area contributed by atoms with Crippen LogP contribution in [0.5, 0.6) is 0 Å². The van der Waals surface area contributed by atoms with Crippen LogP contribution in [0.1, 0.15) is 5.56 Å². The number of thioether (sulfide) groups is 1. The smallest absolute Gasteiger partial charge is 0.268 e. The molecule has 0 saturated carbocycles. The maximum Gasteiger partial charge on any atom is 0.294 e. The average molecular weight is 312 g/mol. The van der Waals surface area contributed by atoms with Crippen LogP contribution in [0.3, 0.4) is 0 Å². The number of hydrogen-bond acceptors (Lipinski definition) is 3. The maximum absolute atomic E-state index is 11.9. The van der Waals surface area contributed by atoms with Crippen LogP contribution in [-0.4, -0.2) is 22.6 Å². The van der Waals surface area contributed by atoms with Gasteiger partial charge in [0.15, 0.2) is 0 Å². The Kier molecular flexibility index (Phi) is 4.20. The maximum atomic E-state index is 11.9. The Morgan fingerprint density at radius 1 is 1.32 bits per heavy atom. The predicted molar refractivity (Wildman–Crippen MR) is 78.0 cm³/mol. The topological polar surface area (TPSA) is 37.4 Å². The molecule has 1 aliphatic heterocycles. The highest BCUT2D eigenvalue weighted by molar-refractivity contribution is 8.18. The Hall–Kier alpha value is -1.41. The minimum absolute atomic E-state index is 0.0244. The third-order valence-electron chi connectivity index (χ3n) is 2.36. The van der Waals surface area contributed by atoms with E-state index < -0.39 is 0 Å². The molecule has 2 amide bonds. The highest BCUT2D eigenvalue weighted by Crippen LogP contribution is 2.32. The number of benzene rings is 1. The molecule has 0 spiro atoms. The SMILES string of the molecule is C#CCN1C(=O)S/C(=C/c2ccc(Cl)c(Cl)c2)C1=O. The fraction of sp³-hybridized carbons (Fsp3) is 0.0769. The van der Waals surface area contributed by atoms with Gasteiger partial charge in [0.05, 0.1) is 21.5 Å². The third kappa shape index (κ3) is 2.95. The summed E-state index contributed by atoms with van der Waals surface area (Å²) >= 11 is 12.5. The number of carbonyl (C=O) groups is 2. The van der Waals surface area contributed by atoms with Gasteiger partial charge in [0.1, 0.15) is 0 Å². The molecule has 0 unspecified atom stereocenters. The summed E-state index contributed by atoms with van der Waals surface area (Å²) in [5.74, 6) is 1.89. The Morgan fingerprint density at radius 2 is 2.05 bits per heavy atom. The van der Waals surface area contributed by atoms with E-state index in [9.17, 15) is 9.59 Å². The van der Waals surface area contributed by atoms with Crippen molar-refractivity contribution in [3.63, 3.8) is 0 Å². The minimum atomic E-state index is -0.390. The molecule has 1 heterocycles. The van der Waals surface area contributed by atoms with Crippen molar-refractivity contribution < 1.29 is 9.59 Å². The third-order valence-corrected chi connectivity index (χ3v) is 4.01. The highest BCUT2D eigenvalue weighted by Gasteiger charge is 2.34. The molecule has 1 saturated heterocycles. The van der Waals surface area contributed by atoms with Gasteiger partial charge in [0.2, 0.25) is 0 Å². The Balaban J connectivity index is 2.30. The van der Waals surface area contributed by atoms with Crippen LogP contribution < -0.4 is 0 Å². The molecule has 2 rings (SSSR count). The van der Waals surface area contributed by atoms with Gasteiger partial charge in [-0.15, -0.1) is 6.42 Å². The summed E-state index contributed by atoms with van der Waals surface area (Å²) in [6.07, 6.45) is 6.70. The van der Waals surface area contributed by atoms with Crippen LogP contribution in [0.15, 0.2) is 23.1 Å². The molecule has 0 radical (unpaired) electrons. The fourth-order valence-corrected chi connectivity index (χ4v) is 2.63. The van der Waals surface area contributed by atoms with Gasteiger partial charge in [-0.25, -0.2) is 0 Å². The molecule has 3 nitrogen and oxygen atoms in total. The van der Waals surface area contributed by atoms with E-state index >= 15 is 0 Å². The number of hydrogen-bond donors (Lipinski definition) is 0. The predicted octanol–water partition coefficient (Wildman–Crippen LogP) is 3.66. The van der Waals surface area contributed by atoms with E-state index in [1.54, 1.807) is 24.3 Å². The minimum Gasteiger partial charge on any atom is -0.268 e. The van der Waals surface area contributed by atoms with Gasteiger partial charge >= 0.3 is 0 Å². The van der Waals surface area contributed by atoms with E-state index in [0.717, 1.165) is 16.7 Å². The first-order valence-corrected chi connectivity index (χ1v) is 6.74. The van der Waals surface area contributed by atoms with Crippen molar-refractivity contribution in [2.45, 2.75) is 0 Å². The zero-order valence-corrected chi connectivity index (χ0v) is 11.9. The van der Waals surface area contributed by atoms with Crippen molar-refractivity contribution in [3.05, 3.63) is 38.7 Å². The Labute approximate surface area is 124 Å². The summed E-state index contributed by atoms with van der Waals surface area (Å²) in [5, 5.41) is 0.451. The molecule has 1 fully saturated rings. The van der Waals surface area contributed by atoms with E-state index in [1.807, 2.05) is 0 Å². The first kappa shape index (κ1) is 14.0. The molecule has 1 aliphatic rings. The molecular formula is C13H7Cl2NO2S. The van der Waals surface area contributed by atoms with Crippen LogP contribution in [0.25, 0.3) is 6.08 Å². The number of halogens is 2. The Morgan fingerprint density at radius 3 is 2.68 bits per heavy atom. The summed E-state index contributed by atoms with van der Waals surface area (Å²) in [7, 11) is 0. The molecule has 6 heteroatoms. The number of rotatable bonds is 2. The van der Waals surface area contributed by atoms with Crippen molar-refractivity contribution in [1.29, 1.82) is 0 Å². The monoisotopic (exact) mass is 311 g/mol. The molecule has 0 aliphatic carbocycles. The summed E-state index contributed by atoms with van der Waals surface area (Å²) in [5.41, 5.74) is 0.695. The van der Waals surface area contributed by atoms with E-state index in [2.05, 4.69) is 5.92 Å². The number of carbonyl (C=O) groups excluding carboxylic acids is 2. The lowest BCUT2D eigenvalue weighted by atomic mass is 10.2. The lowest BCUT2D eigenvalue weighted by Gasteiger charge is -2.06. The van der Waals surface area contributed by atoms with Crippen molar-refractivity contribution in [2.24, 2.45) is 0 Å². The van der Waals surface area contributed by atoms with Crippen LogP contribution in [0.2, 0.25) is 10.0 Å². The quantitative estimate of drug-likeness (QED) is 0.618. The number of nitrogens with zero attached hydrogens (tertiary/aromatic N) is 1. The number of terminal acetylenes is 1. The van der Waals surface area contributed by atoms with Crippen LogP contribution in [0.4, 0.5) is 4.79 Å². The van der Waals surface area contributed by atoms with Gasteiger partial charge in [-0.2, -0.15) is 0 Å². The average Bonchev–Trinajstić information content (AvgIpc) is 2.62. The van der Waals surface area contributed by atoms with E-state index in [4.69, 9.17) is 29.6 Å². The second kappa shape index (κ2) is 5.70. The van der Waals surface area contributed by atoms with E-state index in [1.165, 1.54) is 0 Å². The Bertz CT molecular complexity index is 634. The van der Waals surface area contributed by atoms with Crippen LogP contribution in [-0.2, 0) is 4.79 Å². The number of amides is 2. The van der Waals surface area contributed by atoms with Gasteiger partial charge < -0.3 is 0 Å². The molecular weight excluding hydrogens is 305 g/mol. The van der Waals surface area contributed by atoms with Crippen molar-refractivity contribution in [3.8, 4) is 12.3 Å². The van der Waals surface area contributed by atoms with Gasteiger partial charge in [-0.3, -0.25) is 14.5 Å². The zero-order chi connectivity index (χ0) is 14.0. The lowest BCUT2D eigenvalue weighted by Crippen LogP contribution is -2.28. The molecule has 0 N–H and O–H groups in total. The van der Waals surface area contributed by atoms with Gasteiger partial charge in [0, 0.05) is 0 Å². The van der Waals surface area contributed by atoms with Gasteiger partial charge in [-0.05, 0) is 35.5 Å². The van der Waals surface area contributed by atoms with Crippen molar-refractivity contribution >= 4 is 52.2 Å². The molecule has 0 bridgehead atoms. The van der Waals surface area contributed by atoms with Gasteiger partial charge in [0.25, 0.3) is 11.1 Å². The summed E-state index contributed by atoms with van der Waals surface area (Å²) in [6.45, 7) is -0.0244. The molecule has 0 aromatic heterocycles. The summed E-state index contributed by atoms with van der Waals surface area (Å²) in [6, 6.07) is 4.96. The van der Waals surface area contributed by atoms with E-state index in [0.29, 0.717) is 20.5 Å². The molecule has 96 valence electrons. The fourth-order valence-electron chi connectivity index (χ4n) is 1.48. The number of imide groups is 1. The van der Waals surface area contributed by atoms with Crippen LogP contribution in [0, 0.1) is 12.3 Å². The second-order valence-corrected chi connectivity index (χ2v) is 5.45.